The van der Waals surface area contributed by atoms with Gasteiger partial charge in [-0.15, -0.1) is 0 Å². The molecule has 4 atom stereocenters. The summed E-state index contributed by atoms with van der Waals surface area (Å²) < 4.78 is 168. The number of halogens is 12. The molecule has 0 aromatic rings. The molecule has 5 nitrogen and oxygen atoms in total. The zero-order valence-corrected chi connectivity index (χ0v) is 12.6. The van der Waals surface area contributed by atoms with Crippen molar-refractivity contribution < 1.29 is 76.4 Å². The summed E-state index contributed by atoms with van der Waals surface area (Å²) in [7, 11) is 0.0485. The first kappa shape index (κ1) is 23.5. The Bertz CT molecular complexity index is 602. The summed E-state index contributed by atoms with van der Waals surface area (Å²) >= 11 is 0. The molecule has 0 N–H and O–H groups in total. The first-order valence-corrected chi connectivity index (χ1v) is 6.06. The average molecular weight is 434 g/mol. The maximum Gasteiger partial charge on any atom is 0.460 e. The smallest absolute Gasteiger partial charge is 0.460 e. The minimum atomic E-state index is -6.96. The molecule has 0 aromatic carbocycles. The van der Waals surface area contributed by atoms with E-state index in [0.717, 1.165) is 0 Å². The largest absolute Gasteiger partial charge is 0.465 e. The maximum atomic E-state index is 14.3. The SMILES string of the molecule is COC(=O)C(F)(OC1(F)OC(F)(C(F)(F)F)C(F)(F)OC1(C)F)C(F)(F)F. The summed E-state index contributed by atoms with van der Waals surface area (Å²) in [6, 6.07) is -6.02. The number of rotatable bonds is 3. The van der Waals surface area contributed by atoms with Crippen LogP contribution in [0.25, 0.3) is 0 Å². The van der Waals surface area contributed by atoms with Gasteiger partial charge in [0.15, 0.2) is 0 Å². The fourth-order valence-corrected chi connectivity index (χ4v) is 1.56. The molecule has 1 aliphatic rings. The summed E-state index contributed by atoms with van der Waals surface area (Å²) in [5.74, 6) is -21.2. The monoisotopic (exact) mass is 434 g/mol. The molecule has 0 radical (unpaired) electrons. The van der Waals surface area contributed by atoms with Crippen molar-refractivity contribution in [1.82, 2.24) is 0 Å². The van der Waals surface area contributed by atoms with E-state index in [1.165, 1.54) is 0 Å². The quantitative estimate of drug-likeness (QED) is 0.502. The molecule has 0 saturated carbocycles. The lowest BCUT2D eigenvalue weighted by Gasteiger charge is -2.49. The molecule has 0 spiro atoms. The highest BCUT2D eigenvalue weighted by molar-refractivity contribution is 5.78. The van der Waals surface area contributed by atoms with E-state index >= 15 is 0 Å². The molecule has 1 fully saturated rings. The first-order chi connectivity index (χ1) is 11.6. The van der Waals surface area contributed by atoms with E-state index in [4.69, 9.17) is 0 Å². The van der Waals surface area contributed by atoms with Crippen molar-refractivity contribution in [2.45, 2.75) is 49.0 Å². The van der Waals surface area contributed by atoms with Gasteiger partial charge in [-0.2, -0.15) is 48.3 Å². The highest BCUT2D eigenvalue weighted by Crippen LogP contribution is 2.59. The normalized spacial score (nSPS) is 36.8. The third-order valence-electron chi connectivity index (χ3n) is 2.95. The third-order valence-corrected chi connectivity index (χ3v) is 2.95. The topological polar surface area (TPSA) is 54.0 Å². The number of alkyl halides is 12. The van der Waals surface area contributed by atoms with E-state index in [1.807, 2.05) is 0 Å². The number of carbonyl (C=O) groups excluding carboxylic acids is 1. The van der Waals surface area contributed by atoms with Crippen molar-refractivity contribution in [2.75, 3.05) is 7.11 Å². The molecular formula is C10H6F12O5. The van der Waals surface area contributed by atoms with E-state index in [1.54, 1.807) is 0 Å². The molecule has 1 aliphatic heterocycles. The Kier molecular flexibility index (Phi) is 5.23. The lowest BCUT2D eigenvalue weighted by molar-refractivity contribution is -0.621. The molecule has 0 aliphatic carbocycles. The van der Waals surface area contributed by atoms with E-state index in [9.17, 15) is 57.5 Å². The molecule has 0 bridgehead atoms. The molecule has 4 unspecified atom stereocenters. The van der Waals surface area contributed by atoms with Gasteiger partial charge in [0.25, 0.3) is 5.85 Å². The summed E-state index contributed by atoms with van der Waals surface area (Å²) in [5, 5.41) is 0. The van der Waals surface area contributed by atoms with E-state index < -0.39 is 55.0 Å². The highest BCUT2D eigenvalue weighted by atomic mass is 19.4. The van der Waals surface area contributed by atoms with Gasteiger partial charge in [-0.25, -0.2) is 9.18 Å². The van der Waals surface area contributed by atoms with Crippen molar-refractivity contribution in [2.24, 2.45) is 0 Å². The minimum absolute atomic E-state index is 0.0485. The van der Waals surface area contributed by atoms with Crippen LogP contribution in [0.2, 0.25) is 0 Å². The third kappa shape index (κ3) is 3.39. The lowest BCUT2D eigenvalue weighted by atomic mass is 10.1. The Morgan fingerprint density at radius 2 is 1.33 bits per heavy atom. The van der Waals surface area contributed by atoms with Crippen LogP contribution in [0.1, 0.15) is 6.92 Å². The van der Waals surface area contributed by atoms with Gasteiger partial charge in [0.1, 0.15) is 0 Å². The Morgan fingerprint density at radius 1 is 0.889 bits per heavy atom. The van der Waals surface area contributed by atoms with Crippen molar-refractivity contribution in [3.8, 4) is 0 Å². The number of ether oxygens (including phenoxy) is 4. The van der Waals surface area contributed by atoms with Crippen LogP contribution >= 0.6 is 0 Å². The Hall–Kier alpha value is -1.49. The number of hydrogen-bond acceptors (Lipinski definition) is 5. The Balaban J connectivity index is 3.57. The fraction of sp³-hybridized carbons (Fsp3) is 0.900. The Morgan fingerprint density at radius 3 is 1.67 bits per heavy atom. The van der Waals surface area contributed by atoms with Crippen molar-refractivity contribution >= 4 is 5.97 Å². The molecule has 1 rings (SSSR count). The van der Waals surface area contributed by atoms with Gasteiger partial charge >= 0.3 is 42.2 Å². The lowest BCUT2D eigenvalue weighted by Crippen LogP contribution is -2.74. The van der Waals surface area contributed by atoms with Crippen molar-refractivity contribution in [3.63, 3.8) is 0 Å². The van der Waals surface area contributed by atoms with Crippen molar-refractivity contribution in [3.05, 3.63) is 0 Å². The minimum Gasteiger partial charge on any atom is -0.465 e. The fourth-order valence-electron chi connectivity index (χ4n) is 1.56. The highest BCUT2D eigenvalue weighted by Gasteiger charge is 2.86. The van der Waals surface area contributed by atoms with Crippen LogP contribution in [0.15, 0.2) is 0 Å². The molecule has 0 aromatic heterocycles. The summed E-state index contributed by atoms with van der Waals surface area (Å²) in [6.07, 6.45) is -20.0. The standard InChI is InChI=1S/C10H6F12O5/c1-4(11)10(22,26-5(12,3(23)24-2)7(14,15)16)27-6(13,8(17,18)19)9(20,21)25-4/h1-2H3. The predicted molar refractivity (Wildman–Crippen MR) is 53.4 cm³/mol. The molecular weight excluding hydrogens is 428 g/mol. The second-order valence-corrected chi connectivity index (χ2v) is 4.95. The second kappa shape index (κ2) is 6.00. The van der Waals surface area contributed by atoms with E-state index in [-0.39, 0.29) is 7.11 Å². The number of esters is 1. The van der Waals surface area contributed by atoms with Crippen LogP contribution in [0.4, 0.5) is 52.7 Å². The molecule has 17 heteroatoms. The van der Waals surface area contributed by atoms with Crippen LogP contribution in [-0.2, 0) is 23.7 Å². The number of hydrogen-bond donors (Lipinski definition) is 0. The van der Waals surface area contributed by atoms with Crippen LogP contribution in [0, 0.1) is 0 Å². The van der Waals surface area contributed by atoms with Gasteiger partial charge in [0.2, 0.25) is 0 Å². The van der Waals surface area contributed by atoms with Crippen LogP contribution < -0.4 is 0 Å². The van der Waals surface area contributed by atoms with Crippen LogP contribution in [-0.4, -0.2) is 55.1 Å². The average Bonchev–Trinajstić information content (AvgIpc) is 2.40. The molecule has 160 valence electrons. The van der Waals surface area contributed by atoms with Gasteiger partial charge in [0.05, 0.1) is 7.11 Å². The number of methoxy groups -OCH3 is 1. The Labute approximate surface area is 140 Å². The van der Waals surface area contributed by atoms with Crippen LogP contribution in [0.3, 0.4) is 0 Å². The zero-order chi connectivity index (χ0) is 21.9. The van der Waals surface area contributed by atoms with Crippen LogP contribution in [0.5, 0.6) is 0 Å². The second-order valence-electron chi connectivity index (χ2n) is 4.95. The number of carbonyl (C=O) groups is 1. The van der Waals surface area contributed by atoms with Gasteiger partial charge in [0, 0.05) is 6.92 Å². The van der Waals surface area contributed by atoms with Crippen molar-refractivity contribution in [1.29, 1.82) is 0 Å². The first-order valence-electron chi connectivity index (χ1n) is 6.06. The summed E-state index contributed by atoms with van der Waals surface area (Å²) in [6.45, 7) is -0.648. The van der Waals surface area contributed by atoms with Gasteiger partial charge in [-0.1, -0.05) is 0 Å². The molecule has 0 amide bonds. The van der Waals surface area contributed by atoms with Gasteiger partial charge < -0.3 is 4.74 Å². The zero-order valence-electron chi connectivity index (χ0n) is 12.6. The predicted octanol–water partition coefficient (Wildman–Crippen LogP) is 3.58. The van der Waals surface area contributed by atoms with Gasteiger partial charge in [-0.3, -0.25) is 14.2 Å². The summed E-state index contributed by atoms with van der Waals surface area (Å²) in [4.78, 5) is 10.9. The van der Waals surface area contributed by atoms with E-state index in [0.29, 0.717) is 0 Å². The van der Waals surface area contributed by atoms with E-state index in [2.05, 4.69) is 18.9 Å². The molecule has 1 heterocycles. The van der Waals surface area contributed by atoms with Gasteiger partial charge in [-0.05, 0) is 0 Å². The maximum absolute atomic E-state index is 14.3. The molecule has 27 heavy (non-hydrogen) atoms. The summed E-state index contributed by atoms with van der Waals surface area (Å²) in [5.41, 5.74) is 0. The molecule has 1 saturated heterocycles.